The van der Waals surface area contributed by atoms with E-state index in [1.807, 2.05) is 12.1 Å². The summed E-state index contributed by atoms with van der Waals surface area (Å²) in [7, 11) is 1.39. The molecule has 0 heterocycles. The number of hydrogen-bond acceptors (Lipinski definition) is 3. The Bertz CT molecular complexity index is 603. The standard InChI is InChI=1S/C17H19NO2/c1-12-4-5-13(2)16(10-12)18-11-14-6-8-15(9-7-14)17(19)20-3/h4-10,18H,11H2,1-3H3. The molecule has 0 unspecified atom stereocenters. The highest BCUT2D eigenvalue weighted by Crippen LogP contribution is 2.17. The van der Waals surface area contributed by atoms with Gasteiger partial charge in [0.05, 0.1) is 12.7 Å². The largest absolute Gasteiger partial charge is 0.465 e. The van der Waals surface area contributed by atoms with Crippen LogP contribution in [-0.4, -0.2) is 13.1 Å². The molecule has 0 aliphatic rings. The van der Waals surface area contributed by atoms with Crippen LogP contribution in [0.4, 0.5) is 5.69 Å². The van der Waals surface area contributed by atoms with Crippen LogP contribution in [0, 0.1) is 13.8 Å². The number of nitrogens with one attached hydrogen (secondary N) is 1. The Kier molecular flexibility index (Phi) is 4.41. The summed E-state index contributed by atoms with van der Waals surface area (Å²) in [5.74, 6) is -0.306. The molecule has 3 nitrogen and oxygen atoms in total. The molecule has 0 fully saturated rings. The highest BCUT2D eigenvalue weighted by atomic mass is 16.5. The lowest BCUT2D eigenvalue weighted by Gasteiger charge is -2.11. The van der Waals surface area contributed by atoms with Crippen LogP contribution in [0.5, 0.6) is 0 Å². The van der Waals surface area contributed by atoms with Crippen molar-refractivity contribution in [3.63, 3.8) is 0 Å². The molecule has 104 valence electrons. The SMILES string of the molecule is COC(=O)c1ccc(CNc2cc(C)ccc2C)cc1. The first-order chi connectivity index (χ1) is 9.60. The number of carbonyl (C=O) groups is 1. The Hall–Kier alpha value is -2.29. The van der Waals surface area contributed by atoms with E-state index in [0.29, 0.717) is 5.56 Å². The summed E-state index contributed by atoms with van der Waals surface area (Å²) in [5.41, 5.74) is 5.30. The summed E-state index contributed by atoms with van der Waals surface area (Å²) in [4.78, 5) is 11.3. The molecule has 0 spiro atoms. The van der Waals surface area contributed by atoms with E-state index >= 15 is 0 Å². The van der Waals surface area contributed by atoms with Crippen LogP contribution in [0.2, 0.25) is 0 Å². The second kappa shape index (κ2) is 6.24. The maximum Gasteiger partial charge on any atom is 0.337 e. The number of anilines is 1. The maximum atomic E-state index is 11.3. The fourth-order valence-corrected chi connectivity index (χ4v) is 2.00. The van der Waals surface area contributed by atoms with Crippen LogP contribution < -0.4 is 5.32 Å². The highest BCUT2D eigenvalue weighted by molar-refractivity contribution is 5.89. The predicted octanol–water partition coefficient (Wildman–Crippen LogP) is 3.70. The zero-order valence-corrected chi connectivity index (χ0v) is 12.1. The van der Waals surface area contributed by atoms with Gasteiger partial charge >= 0.3 is 5.97 Å². The first-order valence-electron chi connectivity index (χ1n) is 6.58. The summed E-state index contributed by atoms with van der Waals surface area (Å²) >= 11 is 0. The third-order valence-electron chi connectivity index (χ3n) is 3.25. The van der Waals surface area contributed by atoms with E-state index in [1.54, 1.807) is 12.1 Å². The van der Waals surface area contributed by atoms with E-state index in [-0.39, 0.29) is 5.97 Å². The summed E-state index contributed by atoms with van der Waals surface area (Å²) in [5, 5.41) is 3.42. The third-order valence-corrected chi connectivity index (χ3v) is 3.25. The van der Waals surface area contributed by atoms with Gasteiger partial charge in [-0.1, -0.05) is 24.3 Å². The monoisotopic (exact) mass is 269 g/mol. The van der Waals surface area contributed by atoms with E-state index in [2.05, 4.69) is 42.1 Å². The molecule has 0 bridgehead atoms. The Labute approximate surface area is 119 Å². The number of hydrogen-bond donors (Lipinski definition) is 1. The fraction of sp³-hybridized carbons (Fsp3) is 0.235. The summed E-state index contributed by atoms with van der Waals surface area (Å²) in [6.07, 6.45) is 0. The Morgan fingerprint density at radius 1 is 1.10 bits per heavy atom. The van der Waals surface area contributed by atoms with Crippen molar-refractivity contribution in [1.82, 2.24) is 0 Å². The molecule has 0 aromatic heterocycles. The number of rotatable bonds is 4. The number of benzene rings is 2. The highest BCUT2D eigenvalue weighted by Gasteiger charge is 2.04. The minimum Gasteiger partial charge on any atom is -0.465 e. The fourth-order valence-electron chi connectivity index (χ4n) is 2.00. The summed E-state index contributed by atoms with van der Waals surface area (Å²) in [6, 6.07) is 13.8. The molecule has 0 aliphatic heterocycles. The van der Waals surface area contributed by atoms with Gasteiger partial charge in [0.2, 0.25) is 0 Å². The van der Waals surface area contributed by atoms with Gasteiger partial charge < -0.3 is 10.1 Å². The van der Waals surface area contributed by atoms with E-state index in [4.69, 9.17) is 0 Å². The lowest BCUT2D eigenvalue weighted by atomic mass is 10.1. The van der Waals surface area contributed by atoms with Crippen LogP contribution in [0.15, 0.2) is 42.5 Å². The van der Waals surface area contributed by atoms with E-state index in [1.165, 1.54) is 18.2 Å². The average Bonchev–Trinajstić information content (AvgIpc) is 2.48. The lowest BCUT2D eigenvalue weighted by molar-refractivity contribution is 0.0600. The number of methoxy groups -OCH3 is 1. The van der Waals surface area contributed by atoms with Crippen LogP contribution in [0.1, 0.15) is 27.0 Å². The van der Waals surface area contributed by atoms with Gasteiger partial charge in [-0.05, 0) is 48.7 Å². The molecule has 2 rings (SSSR count). The van der Waals surface area contributed by atoms with E-state index in [0.717, 1.165) is 17.8 Å². The molecule has 0 atom stereocenters. The minimum absolute atomic E-state index is 0.306. The van der Waals surface area contributed by atoms with Crippen molar-refractivity contribution in [2.24, 2.45) is 0 Å². The number of esters is 1. The molecule has 0 saturated carbocycles. The van der Waals surface area contributed by atoms with Gasteiger partial charge in [-0.25, -0.2) is 4.79 Å². The van der Waals surface area contributed by atoms with Crippen molar-refractivity contribution in [2.75, 3.05) is 12.4 Å². The van der Waals surface area contributed by atoms with Gasteiger partial charge in [0.15, 0.2) is 0 Å². The van der Waals surface area contributed by atoms with Gasteiger partial charge in [0.1, 0.15) is 0 Å². The number of carbonyl (C=O) groups excluding carboxylic acids is 1. The topological polar surface area (TPSA) is 38.3 Å². The maximum absolute atomic E-state index is 11.3. The average molecular weight is 269 g/mol. The van der Waals surface area contributed by atoms with Crippen LogP contribution in [0.25, 0.3) is 0 Å². The molecule has 20 heavy (non-hydrogen) atoms. The molecule has 0 saturated heterocycles. The second-order valence-electron chi connectivity index (χ2n) is 4.86. The molecule has 2 aromatic carbocycles. The number of aryl methyl sites for hydroxylation is 2. The first-order valence-corrected chi connectivity index (χ1v) is 6.58. The van der Waals surface area contributed by atoms with Gasteiger partial charge in [-0.15, -0.1) is 0 Å². The molecule has 0 aliphatic carbocycles. The van der Waals surface area contributed by atoms with Gasteiger partial charge in [-0.2, -0.15) is 0 Å². The first kappa shape index (κ1) is 14.1. The Morgan fingerprint density at radius 2 is 1.80 bits per heavy atom. The van der Waals surface area contributed by atoms with Crippen molar-refractivity contribution in [3.8, 4) is 0 Å². The number of ether oxygens (including phenoxy) is 1. The van der Waals surface area contributed by atoms with Crippen LogP contribution in [-0.2, 0) is 11.3 Å². The van der Waals surface area contributed by atoms with Gasteiger partial charge in [-0.3, -0.25) is 0 Å². The molecule has 2 aromatic rings. The minimum atomic E-state index is -0.306. The Morgan fingerprint density at radius 3 is 2.45 bits per heavy atom. The van der Waals surface area contributed by atoms with Crippen molar-refractivity contribution in [2.45, 2.75) is 20.4 Å². The third kappa shape index (κ3) is 3.38. The van der Waals surface area contributed by atoms with Crippen molar-refractivity contribution < 1.29 is 9.53 Å². The lowest BCUT2D eigenvalue weighted by Crippen LogP contribution is -2.03. The zero-order chi connectivity index (χ0) is 14.5. The smallest absolute Gasteiger partial charge is 0.337 e. The molecule has 3 heteroatoms. The van der Waals surface area contributed by atoms with Gasteiger partial charge in [0, 0.05) is 12.2 Å². The van der Waals surface area contributed by atoms with Gasteiger partial charge in [0.25, 0.3) is 0 Å². The van der Waals surface area contributed by atoms with E-state index < -0.39 is 0 Å². The van der Waals surface area contributed by atoms with Crippen molar-refractivity contribution in [1.29, 1.82) is 0 Å². The molecule has 0 amide bonds. The normalized spacial score (nSPS) is 10.2. The van der Waals surface area contributed by atoms with E-state index in [9.17, 15) is 4.79 Å². The van der Waals surface area contributed by atoms with Crippen molar-refractivity contribution >= 4 is 11.7 Å². The van der Waals surface area contributed by atoms with Crippen molar-refractivity contribution in [3.05, 3.63) is 64.7 Å². The van der Waals surface area contributed by atoms with Crippen LogP contribution >= 0.6 is 0 Å². The molecule has 1 N–H and O–H groups in total. The molecular weight excluding hydrogens is 250 g/mol. The summed E-state index contributed by atoms with van der Waals surface area (Å²) < 4.78 is 4.68. The van der Waals surface area contributed by atoms with Crippen LogP contribution in [0.3, 0.4) is 0 Å². The predicted molar refractivity (Wildman–Crippen MR) is 81.0 cm³/mol. The second-order valence-corrected chi connectivity index (χ2v) is 4.86. The summed E-state index contributed by atoms with van der Waals surface area (Å²) in [6.45, 7) is 4.89. The quantitative estimate of drug-likeness (QED) is 0.860. The zero-order valence-electron chi connectivity index (χ0n) is 12.1. The molecule has 0 radical (unpaired) electrons. The molecular formula is C17H19NO2. The Balaban J connectivity index is 2.04.